The van der Waals surface area contributed by atoms with Gasteiger partial charge in [0.1, 0.15) is 0 Å². The fourth-order valence-electron chi connectivity index (χ4n) is 9.11. The highest BCUT2D eigenvalue weighted by Gasteiger charge is 2.27. The quantitative estimate of drug-likeness (QED) is 0.0657. The predicted octanol–water partition coefficient (Wildman–Crippen LogP) is 13.1. The van der Waals surface area contributed by atoms with Gasteiger partial charge in [-0.3, -0.25) is 0 Å². The van der Waals surface area contributed by atoms with E-state index in [1.165, 1.54) is 128 Å². The summed E-state index contributed by atoms with van der Waals surface area (Å²) in [6.07, 6.45) is 11.1. The number of unbranched alkanes of at least 4 members (excludes halogenated alkanes) is 7. The van der Waals surface area contributed by atoms with Crippen molar-refractivity contribution in [2.24, 2.45) is 0 Å². The molecule has 0 aliphatic rings. The minimum Gasteiger partial charge on any atom is -0.0654 e. The first kappa shape index (κ1) is 31.5. The van der Waals surface area contributed by atoms with Crippen molar-refractivity contribution in [1.29, 1.82) is 0 Å². The Hall–Kier alpha value is -3.73. The van der Waals surface area contributed by atoms with Crippen LogP contribution in [0.2, 0.25) is 38.3 Å². The SMILES string of the molecule is C[Si](C)(CCCCCCCCCC[Si](C)(C)c1ccc2ccc3cccc4ccc1c2c34)c1ccc2ccc3cccc4ccc1c2c34. The molecule has 0 radical (unpaired) electrons. The zero-order valence-corrected chi connectivity index (χ0v) is 31.5. The Labute approximate surface area is 288 Å². The maximum Gasteiger partial charge on any atom is 0.0814 e. The summed E-state index contributed by atoms with van der Waals surface area (Å²) < 4.78 is 0. The summed E-state index contributed by atoms with van der Waals surface area (Å²) in [5, 5.41) is 20.5. The molecule has 242 valence electrons. The molecule has 0 bridgehead atoms. The van der Waals surface area contributed by atoms with Crippen molar-refractivity contribution in [3.05, 3.63) is 109 Å². The van der Waals surface area contributed by atoms with Crippen molar-refractivity contribution in [2.45, 2.75) is 89.6 Å². The van der Waals surface area contributed by atoms with Gasteiger partial charge in [-0.1, -0.05) is 209 Å². The Morgan fingerprint density at radius 2 is 0.604 bits per heavy atom. The Morgan fingerprint density at radius 3 is 0.979 bits per heavy atom. The highest BCUT2D eigenvalue weighted by Crippen LogP contribution is 2.36. The summed E-state index contributed by atoms with van der Waals surface area (Å²) in [5.74, 6) is 0. The maximum absolute atomic E-state index is 2.60. The Balaban J connectivity index is 0.815. The minimum atomic E-state index is -1.54. The van der Waals surface area contributed by atoms with E-state index in [0.717, 1.165) is 0 Å². The summed E-state index contributed by atoms with van der Waals surface area (Å²) in [6, 6.07) is 44.8. The van der Waals surface area contributed by atoms with Crippen LogP contribution in [-0.2, 0) is 0 Å². The molecule has 0 unspecified atom stereocenters. The van der Waals surface area contributed by atoms with E-state index in [9.17, 15) is 0 Å². The molecule has 0 aliphatic carbocycles. The maximum atomic E-state index is 2.60. The van der Waals surface area contributed by atoms with Crippen molar-refractivity contribution in [2.75, 3.05) is 0 Å². The summed E-state index contributed by atoms with van der Waals surface area (Å²) in [7, 11) is -3.07. The lowest BCUT2D eigenvalue weighted by atomic mass is 9.94. The molecular weight excluding hydrogens is 609 g/mol. The number of benzene rings is 8. The molecule has 0 atom stereocenters. The van der Waals surface area contributed by atoms with Gasteiger partial charge in [0.05, 0.1) is 16.1 Å². The van der Waals surface area contributed by atoms with Gasteiger partial charge >= 0.3 is 0 Å². The van der Waals surface area contributed by atoms with Crippen molar-refractivity contribution >= 4 is 91.2 Å². The van der Waals surface area contributed by atoms with Crippen LogP contribution in [0.1, 0.15) is 51.4 Å². The number of hydrogen-bond donors (Lipinski definition) is 0. The lowest BCUT2D eigenvalue weighted by molar-refractivity contribution is 0.583. The van der Waals surface area contributed by atoms with Crippen LogP contribution in [0, 0.1) is 0 Å². The summed E-state index contributed by atoms with van der Waals surface area (Å²) in [5.41, 5.74) is 0. The molecule has 2 heteroatoms. The van der Waals surface area contributed by atoms with E-state index < -0.39 is 16.1 Å². The van der Waals surface area contributed by atoms with Crippen LogP contribution in [-0.4, -0.2) is 16.1 Å². The van der Waals surface area contributed by atoms with Crippen molar-refractivity contribution < 1.29 is 0 Å². The monoisotopic (exact) mass is 658 g/mol. The van der Waals surface area contributed by atoms with E-state index in [0.29, 0.717) is 0 Å². The molecule has 8 aromatic carbocycles. The molecule has 0 spiro atoms. The smallest absolute Gasteiger partial charge is 0.0654 e. The van der Waals surface area contributed by atoms with E-state index >= 15 is 0 Å². The van der Waals surface area contributed by atoms with Crippen LogP contribution < -0.4 is 10.4 Å². The molecule has 0 N–H and O–H groups in total. The lowest BCUT2D eigenvalue weighted by Gasteiger charge is -2.26. The van der Waals surface area contributed by atoms with Crippen LogP contribution >= 0.6 is 0 Å². The summed E-state index contributed by atoms with van der Waals surface area (Å²) in [4.78, 5) is 0. The molecule has 0 fully saturated rings. The van der Waals surface area contributed by atoms with Crippen LogP contribution in [0.15, 0.2) is 109 Å². The van der Waals surface area contributed by atoms with Gasteiger partial charge in [0.2, 0.25) is 0 Å². The summed E-state index contributed by atoms with van der Waals surface area (Å²) in [6.45, 7) is 10.4. The Kier molecular flexibility index (Phi) is 8.29. The predicted molar refractivity (Wildman–Crippen MR) is 221 cm³/mol. The zero-order chi connectivity index (χ0) is 32.9. The molecule has 0 aromatic heterocycles. The second kappa shape index (κ2) is 12.6. The Bertz CT molecular complexity index is 2160. The van der Waals surface area contributed by atoms with Gasteiger partial charge < -0.3 is 0 Å². The van der Waals surface area contributed by atoms with Crippen LogP contribution in [0.4, 0.5) is 0 Å². The summed E-state index contributed by atoms with van der Waals surface area (Å²) >= 11 is 0. The largest absolute Gasteiger partial charge is 0.0814 e. The highest BCUT2D eigenvalue weighted by atomic mass is 28.3. The van der Waals surface area contributed by atoms with E-state index in [2.05, 4.69) is 135 Å². The first-order chi connectivity index (χ1) is 23.3. The average Bonchev–Trinajstić information content (AvgIpc) is 3.10. The van der Waals surface area contributed by atoms with Gasteiger partial charge in [-0.25, -0.2) is 0 Å². The van der Waals surface area contributed by atoms with E-state index in [-0.39, 0.29) is 0 Å². The molecule has 0 amide bonds. The second-order valence-electron chi connectivity index (χ2n) is 16.0. The average molecular weight is 659 g/mol. The fraction of sp³-hybridized carbons (Fsp3) is 0.304. The normalized spacial score (nSPS) is 13.0. The number of rotatable bonds is 13. The minimum absolute atomic E-state index is 1.37. The van der Waals surface area contributed by atoms with Gasteiger partial charge in [-0.2, -0.15) is 0 Å². The third-order valence-electron chi connectivity index (χ3n) is 11.9. The number of hydrogen-bond acceptors (Lipinski definition) is 0. The third kappa shape index (κ3) is 5.61. The standard InChI is InChI=1S/C46H50Si2/c1-47(2,41-29-25-37-21-19-33-15-13-17-35-23-27-39(41)45(37)43(33)35)31-11-9-7-5-6-8-10-12-32-48(3,4)42-30-26-38-22-20-34-16-14-18-36-24-28-40(42)46(38)44(34)36/h13-30H,5-12,31-32H2,1-4H3. The first-order valence-electron chi connectivity index (χ1n) is 18.7. The Morgan fingerprint density at radius 1 is 0.312 bits per heavy atom. The topological polar surface area (TPSA) is 0 Å². The molecule has 0 aliphatic heterocycles. The van der Waals surface area contributed by atoms with Gasteiger partial charge in [0.15, 0.2) is 0 Å². The van der Waals surface area contributed by atoms with Gasteiger partial charge in [-0.05, 0) is 64.6 Å². The highest BCUT2D eigenvalue weighted by molar-refractivity contribution is 6.92. The van der Waals surface area contributed by atoms with Crippen molar-refractivity contribution in [3.8, 4) is 0 Å². The van der Waals surface area contributed by atoms with Gasteiger partial charge in [-0.15, -0.1) is 0 Å². The fourth-order valence-corrected chi connectivity index (χ4v) is 14.9. The van der Waals surface area contributed by atoms with E-state index in [1.807, 2.05) is 0 Å². The third-order valence-corrected chi connectivity index (χ3v) is 18.9. The molecular formula is C46H50Si2. The molecule has 8 rings (SSSR count). The second-order valence-corrected chi connectivity index (χ2v) is 25.6. The molecule has 0 heterocycles. The van der Waals surface area contributed by atoms with E-state index in [1.54, 1.807) is 10.4 Å². The lowest BCUT2D eigenvalue weighted by Crippen LogP contribution is -2.41. The molecule has 8 aromatic rings. The molecule has 48 heavy (non-hydrogen) atoms. The van der Waals surface area contributed by atoms with Crippen molar-refractivity contribution in [1.82, 2.24) is 0 Å². The van der Waals surface area contributed by atoms with E-state index in [4.69, 9.17) is 0 Å². The molecule has 0 nitrogen and oxygen atoms in total. The zero-order valence-electron chi connectivity index (χ0n) is 29.5. The first-order valence-corrected chi connectivity index (χ1v) is 25.1. The van der Waals surface area contributed by atoms with Crippen LogP contribution in [0.5, 0.6) is 0 Å². The van der Waals surface area contributed by atoms with Crippen LogP contribution in [0.25, 0.3) is 64.6 Å². The van der Waals surface area contributed by atoms with Gasteiger partial charge in [0.25, 0.3) is 0 Å². The van der Waals surface area contributed by atoms with Crippen LogP contribution in [0.3, 0.4) is 0 Å². The van der Waals surface area contributed by atoms with Crippen molar-refractivity contribution in [3.63, 3.8) is 0 Å². The molecule has 0 saturated heterocycles. The molecule has 0 saturated carbocycles. The van der Waals surface area contributed by atoms with Gasteiger partial charge in [0, 0.05) is 0 Å².